The van der Waals surface area contributed by atoms with Crippen molar-refractivity contribution in [1.29, 1.82) is 0 Å². The molecule has 1 aromatic heterocycles. The number of rotatable bonds is 4. The minimum atomic E-state index is -0.810. The summed E-state index contributed by atoms with van der Waals surface area (Å²) in [5.74, 6) is -0.714. The van der Waals surface area contributed by atoms with Crippen LogP contribution in [-0.4, -0.2) is 29.3 Å². The summed E-state index contributed by atoms with van der Waals surface area (Å²) >= 11 is 0. The number of para-hydroxylation sites is 1. The molecule has 0 aliphatic rings. The van der Waals surface area contributed by atoms with Crippen molar-refractivity contribution >= 4 is 16.9 Å². The summed E-state index contributed by atoms with van der Waals surface area (Å²) in [6, 6.07) is 5.98. The van der Waals surface area contributed by atoms with Crippen LogP contribution in [0.3, 0.4) is 0 Å². The molecule has 0 spiro atoms. The first-order valence-electron chi connectivity index (χ1n) is 5.78. The molecule has 1 heterocycles. The SMILES string of the molecule is O=C(NCCCO)c1cc2cccc(O)c2oc1=O. The molecule has 0 bridgehead atoms. The number of aromatic hydroxyl groups is 1. The van der Waals surface area contributed by atoms with Crippen LogP contribution in [0.2, 0.25) is 0 Å². The Hall–Kier alpha value is -2.34. The van der Waals surface area contributed by atoms with Crippen LogP contribution in [0, 0.1) is 0 Å². The second-order valence-corrected chi connectivity index (χ2v) is 3.98. The van der Waals surface area contributed by atoms with Gasteiger partial charge in [-0.2, -0.15) is 0 Å². The van der Waals surface area contributed by atoms with E-state index in [-0.39, 0.29) is 30.0 Å². The quantitative estimate of drug-likeness (QED) is 0.554. The zero-order chi connectivity index (χ0) is 13.8. The molecule has 1 amide bonds. The van der Waals surface area contributed by atoms with Crippen molar-refractivity contribution in [3.8, 4) is 5.75 Å². The Balaban J connectivity index is 2.36. The van der Waals surface area contributed by atoms with Crippen LogP contribution in [0.15, 0.2) is 33.5 Å². The number of phenols is 1. The normalized spacial score (nSPS) is 10.6. The minimum absolute atomic E-state index is 0.0412. The number of nitrogens with one attached hydrogen (secondary N) is 1. The maximum absolute atomic E-state index is 11.8. The van der Waals surface area contributed by atoms with Crippen LogP contribution in [0.1, 0.15) is 16.8 Å². The number of carbonyl (C=O) groups is 1. The number of fused-ring (bicyclic) bond motifs is 1. The number of aliphatic hydroxyl groups is 1. The average Bonchev–Trinajstić information content (AvgIpc) is 2.39. The van der Waals surface area contributed by atoms with E-state index in [0.717, 1.165) is 0 Å². The van der Waals surface area contributed by atoms with Gasteiger partial charge in [0.2, 0.25) is 0 Å². The molecule has 6 nitrogen and oxygen atoms in total. The molecular formula is C13H13NO5. The lowest BCUT2D eigenvalue weighted by Crippen LogP contribution is -2.29. The van der Waals surface area contributed by atoms with Crippen LogP contribution in [0.5, 0.6) is 5.75 Å². The number of benzene rings is 1. The molecule has 1 aromatic carbocycles. The molecule has 2 rings (SSSR count). The van der Waals surface area contributed by atoms with Crippen LogP contribution in [0.4, 0.5) is 0 Å². The van der Waals surface area contributed by atoms with E-state index in [4.69, 9.17) is 9.52 Å². The van der Waals surface area contributed by atoms with Gasteiger partial charge in [0.15, 0.2) is 11.3 Å². The van der Waals surface area contributed by atoms with Gasteiger partial charge >= 0.3 is 5.63 Å². The Kier molecular flexibility index (Phi) is 3.82. The number of hydrogen-bond donors (Lipinski definition) is 3. The number of phenolic OH excluding ortho intramolecular Hbond substituents is 1. The topological polar surface area (TPSA) is 99.8 Å². The molecule has 0 fully saturated rings. The van der Waals surface area contributed by atoms with E-state index < -0.39 is 11.5 Å². The van der Waals surface area contributed by atoms with Gasteiger partial charge in [-0.3, -0.25) is 4.79 Å². The average molecular weight is 263 g/mol. The van der Waals surface area contributed by atoms with Crippen molar-refractivity contribution in [2.24, 2.45) is 0 Å². The van der Waals surface area contributed by atoms with Crippen LogP contribution >= 0.6 is 0 Å². The lowest BCUT2D eigenvalue weighted by molar-refractivity contribution is 0.0947. The van der Waals surface area contributed by atoms with E-state index >= 15 is 0 Å². The Labute approximate surface area is 108 Å². The molecule has 0 aliphatic carbocycles. The monoisotopic (exact) mass is 263 g/mol. The highest BCUT2D eigenvalue weighted by molar-refractivity contribution is 5.97. The fourth-order valence-electron chi connectivity index (χ4n) is 1.66. The third kappa shape index (κ3) is 2.74. The van der Waals surface area contributed by atoms with Gasteiger partial charge < -0.3 is 19.9 Å². The largest absolute Gasteiger partial charge is 0.504 e. The second-order valence-electron chi connectivity index (χ2n) is 3.98. The van der Waals surface area contributed by atoms with Crippen molar-refractivity contribution in [3.05, 3.63) is 40.2 Å². The molecule has 19 heavy (non-hydrogen) atoms. The first-order valence-corrected chi connectivity index (χ1v) is 5.78. The van der Waals surface area contributed by atoms with Gasteiger partial charge in [-0.1, -0.05) is 12.1 Å². The molecule has 3 N–H and O–H groups in total. The molecule has 100 valence electrons. The van der Waals surface area contributed by atoms with Gasteiger partial charge in [0.25, 0.3) is 5.91 Å². The minimum Gasteiger partial charge on any atom is -0.504 e. The van der Waals surface area contributed by atoms with E-state index in [1.807, 2.05) is 0 Å². The van der Waals surface area contributed by atoms with Crippen LogP contribution in [-0.2, 0) is 0 Å². The van der Waals surface area contributed by atoms with E-state index in [2.05, 4.69) is 5.32 Å². The van der Waals surface area contributed by atoms with E-state index in [0.29, 0.717) is 11.8 Å². The van der Waals surface area contributed by atoms with Crippen LogP contribution in [0.25, 0.3) is 11.0 Å². The van der Waals surface area contributed by atoms with Crippen molar-refractivity contribution in [2.45, 2.75) is 6.42 Å². The highest BCUT2D eigenvalue weighted by Crippen LogP contribution is 2.23. The first kappa shape index (κ1) is 13.1. The maximum atomic E-state index is 11.8. The van der Waals surface area contributed by atoms with E-state index in [1.165, 1.54) is 12.1 Å². The Morgan fingerprint density at radius 2 is 2.16 bits per heavy atom. The molecule has 0 aliphatic heterocycles. The standard InChI is InChI=1S/C13H13NO5/c15-6-2-5-14-12(17)9-7-8-3-1-4-10(16)11(8)19-13(9)18/h1,3-4,7,15-16H,2,5-6H2,(H,14,17). The third-order valence-electron chi connectivity index (χ3n) is 2.60. The smallest absolute Gasteiger partial charge is 0.349 e. The third-order valence-corrected chi connectivity index (χ3v) is 2.60. The van der Waals surface area contributed by atoms with Crippen LogP contribution < -0.4 is 10.9 Å². The first-order chi connectivity index (χ1) is 9.13. The lowest BCUT2D eigenvalue weighted by atomic mass is 10.1. The highest BCUT2D eigenvalue weighted by Gasteiger charge is 2.14. The lowest BCUT2D eigenvalue weighted by Gasteiger charge is -2.04. The van der Waals surface area contributed by atoms with E-state index in [1.54, 1.807) is 12.1 Å². The zero-order valence-corrected chi connectivity index (χ0v) is 10.0. The van der Waals surface area contributed by atoms with Crippen molar-refractivity contribution in [1.82, 2.24) is 5.32 Å². The van der Waals surface area contributed by atoms with Crippen molar-refractivity contribution < 1.29 is 19.4 Å². The summed E-state index contributed by atoms with van der Waals surface area (Å²) in [7, 11) is 0. The zero-order valence-electron chi connectivity index (χ0n) is 10.0. The molecule has 2 aromatic rings. The molecule has 0 saturated carbocycles. The summed E-state index contributed by atoms with van der Waals surface area (Å²) in [6.45, 7) is 0.229. The Bertz CT molecular complexity index is 662. The number of hydrogen-bond acceptors (Lipinski definition) is 5. The predicted octanol–water partition coefficient (Wildman–Crippen LogP) is 0.611. The molecule has 0 atom stereocenters. The van der Waals surface area contributed by atoms with Gasteiger partial charge in [-0.05, 0) is 18.6 Å². The summed E-state index contributed by atoms with van der Waals surface area (Å²) in [5.41, 5.74) is -0.883. The summed E-state index contributed by atoms with van der Waals surface area (Å²) in [6.07, 6.45) is 0.408. The Morgan fingerprint density at radius 1 is 1.37 bits per heavy atom. The number of aliphatic hydroxyl groups excluding tert-OH is 1. The van der Waals surface area contributed by atoms with Gasteiger partial charge in [0.1, 0.15) is 5.56 Å². The summed E-state index contributed by atoms with van der Waals surface area (Å²) in [5, 5.41) is 21.1. The van der Waals surface area contributed by atoms with Crippen molar-refractivity contribution in [2.75, 3.05) is 13.2 Å². The molecule has 0 saturated heterocycles. The van der Waals surface area contributed by atoms with Crippen molar-refractivity contribution in [3.63, 3.8) is 0 Å². The molecule has 0 unspecified atom stereocenters. The molecule has 6 heteroatoms. The summed E-state index contributed by atoms with van der Waals surface area (Å²) < 4.78 is 4.94. The van der Waals surface area contributed by atoms with Gasteiger partial charge in [0.05, 0.1) is 0 Å². The fourth-order valence-corrected chi connectivity index (χ4v) is 1.66. The van der Waals surface area contributed by atoms with E-state index in [9.17, 15) is 14.7 Å². The second kappa shape index (κ2) is 5.53. The number of carbonyl (C=O) groups excluding carboxylic acids is 1. The predicted molar refractivity (Wildman–Crippen MR) is 68.2 cm³/mol. The molecular weight excluding hydrogens is 250 g/mol. The summed E-state index contributed by atoms with van der Waals surface area (Å²) in [4.78, 5) is 23.4. The number of amides is 1. The van der Waals surface area contributed by atoms with Gasteiger partial charge in [-0.25, -0.2) is 4.79 Å². The molecule has 0 radical (unpaired) electrons. The fraction of sp³-hybridized carbons (Fsp3) is 0.231. The highest BCUT2D eigenvalue weighted by atomic mass is 16.4. The van der Waals surface area contributed by atoms with Gasteiger partial charge in [0, 0.05) is 18.5 Å². The maximum Gasteiger partial charge on any atom is 0.349 e. The Morgan fingerprint density at radius 3 is 2.89 bits per heavy atom. The van der Waals surface area contributed by atoms with Gasteiger partial charge in [-0.15, -0.1) is 0 Å².